The fraction of sp³-hybridized carbons (Fsp3) is 0.241. The second-order valence-corrected chi connectivity index (χ2v) is 9.67. The lowest BCUT2D eigenvalue weighted by molar-refractivity contribution is -0.0208. The Morgan fingerprint density at radius 1 is 1.05 bits per heavy atom. The molecule has 3 aliphatic heterocycles. The van der Waals surface area contributed by atoms with Gasteiger partial charge in [-0.2, -0.15) is 0 Å². The number of carbonyl (C=O) groups is 2. The highest BCUT2D eigenvalue weighted by Crippen LogP contribution is 2.44. The summed E-state index contributed by atoms with van der Waals surface area (Å²) >= 11 is 0. The quantitative estimate of drug-likeness (QED) is 0.277. The monoisotopic (exact) mass is 555 g/mol. The van der Waals surface area contributed by atoms with Crippen LogP contribution >= 0.6 is 0 Å². The maximum atomic E-state index is 14.0. The minimum atomic E-state index is -0.972. The fourth-order valence-corrected chi connectivity index (χ4v) is 5.88. The summed E-state index contributed by atoms with van der Waals surface area (Å²) in [5, 5.41) is 2.05. The molecule has 3 aliphatic rings. The Balaban J connectivity index is 1.46. The lowest BCUT2D eigenvalue weighted by Crippen LogP contribution is -2.66. The van der Waals surface area contributed by atoms with E-state index in [0.29, 0.717) is 13.2 Å². The van der Waals surface area contributed by atoms with Crippen molar-refractivity contribution in [2.45, 2.75) is 12.2 Å². The van der Waals surface area contributed by atoms with Gasteiger partial charge in [-0.15, -0.1) is 0 Å². The number of pyridine rings is 1. The van der Waals surface area contributed by atoms with Gasteiger partial charge in [0, 0.05) is 42.3 Å². The van der Waals surface area contributed by atoms with Gasteiger partial charge in [0.1, 0.15) is 18.0 Å². The predicted molar refractivity (Wildman–Crippen MR) is 144 cm³/mol. The summed E-state index contributed by atoms with van der Waals surface area (Å²) in [6.07, 6.45) is 3.81. The fourth-order valence-electron chi connectivity index (χ4n) is 5.88. The SMILES string of the molecule is COC(=O)OCOc1c2n(ccc1=O)N([C@H]1c3ccccc3-c3nccn3-c3ccccc31)[C@@H]1COCCN1C2=O. The van der Waals surface area contributed by atoms with Gasteiger partial charge in [-0.05, 0) is 11.6 Å². The number of para-hydroxylation sites is 1. The molecule has 4 aromatic rings. The maximum absolute atomic E-state index is 14.0. The van der Waals surface area contributed by atoms with Gasteiger partial charge in [0.2, 0.25) is 18.0 Å². The number of aromatic nitrogens is 3. The van der Waals surface area contributed by atoms with Gasteiger partial charge < -0.3 is 23.8 Å². The lowest BCUT2D eigenvalue weighted by atomic mass is 9.93. The van der Waals surface area contributed by atoms with E-state index in [1.807, 2.05) is 47.6 Å². The molecule has 1 amide bonds. The van der Waals surface area contributed by atoms with E-state index in [-0.39, 0.29) is 24.0 Å². The zero-order chi connectivity index (χ0) is 28.1. The van der Waals surface area contributed by atoms with Crippen LogP contribution in [0.5, 0.6) is 5.75 Å². The molecule has 0 bridgehead atoms. The van der Waals surface area contributed by atoms with Gasteiger partial charge >= 0.3 is 6.16 Å². The van der Waals surface area contributed by atoms with Crippen molar-refractivity contribution < 1.29 is 28.5 Å². The van der Waals surface area contributed by atoms with E-state index in [1.165, 1.54) is 6.07 Å². The zero-order valence-corrected chi connectivity index (χ0v) is 22.0. The summed E-state index contributed by atoms with van der Waals surface area (Å²) in [5.41, 5.74) is 3.31. The number of methoxy groups -OCH3 is 1. The minimum absolute atomic E-state index is 0.0288. The Kier molecular flexibility index (Phi) is 5.97. The van der Waals surface area contributed by atoms with Gasteiger partial charge in [-0.25, -0.2) is 9.78 Å². The second-order valence-electron chi connectivity index (χ2n) is 9.67. The highest BCUT2D eigenvalue weighted by atomic mass is 16.8. The van der Waals surface area contributed by atoms with Crippen molar-refractivity contribution in [1.29, 1.82) is 0 Å². The molecule has 41 heavy (non-hydrogen) atoms. The van der Waals surface area contributed by atoms with Crippen LogP contribution in [0.25, 0.3) is 17.1 Å². The molecule has 2 atom stereocenters. The number of carbonyl (C=O) groups excluding carboxylic acids is 2. The van der Waals surface area contributed by atoms with Crippen LogP contribution in [-0.2, 0) is 14.2 Å². The highest BCUT2D eigenvalue weighted by Gasteiger charge is 2.46. The highest BCUT2D eigenvalue weighted by molar-refractivity contribution is 5.96. The average molecular weight is 556 g/mol. The van der Waals surface area contributed by atoms with Crippen LogP contribution in [0.2, 0.25) is 0 Å². The molecule has 0 unspecified atom stereocenters. The maximum Gasteiger partial charge on any atom is 0.510 e. The van der Waals surface area contributed by atoms with Crippen molar-refractivity contribution in [2.75, 3.05) is 38.7 Å². The molecule has 12 heteroatoms. The molecule has 208 valence electrons. The summed E-state index contributed by atoms with van der Waals surface area (Å²) in [7, 11) is 1.16. The van der Waals surface area contributed by atoms with Crippen LogP contribution < -0.4 is 15.2 Å². The number of fused-ring (bicyclic) bond motifs is 7. The first-order chi connectivity index (χ1) is 20.1. The largest absolute Gasteiger partial charge is 0.510 e. The van der Waals surface area contributed by atoms with E-state index in [4.69, 9.17) is 19.2 Å². The number of hydrogen-bond acceptors (Lipinski definition) is 9. The normalized spacial score (nSPS) is 18.7. The number of nitrogens with zero attached hydrogens (tertiary/aromatic N) is 5. The number of amides is 1. The molecule has 7 rings (SSSR count). The molecule has 2 aromatic heterocycles. The molecule has 0 aliphatic carbocycles. The van der Waals surface area contributed by atoms with Gasteiger partial charge in [-0.3, -0.25) is 23.8 Å². The number of morpholine rings is 1. The Morgan fingerprint density at radius 3 is 2.71 bits per heavy atom. The van der Waals surface area contributed by atoms with Crippen molar-refractivity contribution in [3.63, 3.8) is 0 Å². The molecule has 0 N–H and O–H groups in total. The third-order valence-electron chi connectivity index (χ3n) is 7.60. The first-order valence-electron chi connectivity index (χ1n) is 13.1. The van der Waals surface area contributed by atoms with E-state index in [2.05, 4.69) is 21.4 Å². The second kappa shape index (κ2) is 9.82. The number of benzene rings is 2. The Hall–Kier alpha value is -5.10. The number of imidazole rings is 1. The van der Waals surface area contributed by atoms with Crippen molar-refractivity contribution >= 4 is 12.1 Å². The summed E-state index contributed by atoms with van der Waals surface area (Å²) in [6, 6.07) is 17.0. The smallest absolute Gasteiger partial charge is 0.451 e. The Labute approximate surface area is 233 Å². The molecular formula is C29H25N5O7. The molecule has 0 saturated carbocycles. The molecule has 0 spiro atoms. The first-order valence-corrected chi connectivity index (χ1v) is 13.1. The van der Waals surface area contributed by atoms with Crippen LogP contribution in [0, 0.1) is 0 Å². The number of ether oxygens (including phenoxy) is 4. The Morgan fingerprint density at radius 2 is 1.85 bits per heavy atom. The zero-order valence-electron chi connectivity index (χ0n) is 22.0. The van der Waals surface area contributed by atoms with Gasteiger partial charge in [0.15, 0.2) is 5.69 Å². The summed E-state index contributed by atoms with van der Waals surface area (Å²) < 4.78 is 24.6. The van der Waals surface area contributed by atoms with Crippen molar-refractivity contribution in [3.8, 4) is 22.8 Å². The molecular weight excluding hydrogens is 530 g/mol. The van der Waals surface area contributed by atoms with Crippen LogP contribution in [0.3, 0.4) is 0 Å². The van der Waals surface area contributed by atoms with Crippen LogP contribution in [-0.4, -0.2) is 71.0 Å². The van der Waals surface area contributed by atoms with Crippen LogP contribution in [0.1, 0.15) is 27.7 Å². The standard InChI is InChI=1S/C29H25N5O7/c1-38-29(37)41-17-40-26-22(35)10-12-33-25(26)28(36)32-14-15-39-16-23(32)34(33)24-18-6-2-3-7-19(18)27-30-11-13-31(27)21-9-5-4-8-20(21)24/h2-13,23-24H,14-17H2,1H3/t23-,24+/m1/s1. The van der Waals surface area contributed by atoms with Gasteiger partial charge in [0.25, 0.3) is 5.91 Å². The van der Waals surface area contributed by atoms with Crippen LogP contribution in [0.15, 0.2) is 78.0 Å². The minimum Gasteiger partial charge on any atom is -0.451 e. The summed E-state index contributed by atoms with van der Waals surface area (Å²) in [6.45, 7) is 0.320. The van der Waals surface area contributed by atoms with Gasteiger partial charge in [0.05, 0.1) is 26.0 Å². The average Bonchev–Trinajstić information content (AvgIpc) is 3.46. The van der Waals surface area contributed by atoms with E-state index in [0.717, 1.165) is 35.3 Å². The van der Waals surface area contributed by atoms with E-state index >= 15 is 0 Å². The molecule has 0 radical (unpaired) electrons. The topological polar surface area (TPSA) is 117 Å². The van der Waals surface area contributed by atoms with Crippen molar-refractivity contribution in [2.24, 2.45) is 0 Å². The van der Waals surface area contributed by atoms with E-state index in [1.54, 1.807) is 22.0 Å². The summed E-state index contributed by atoms with van der Waals surface area (Å²) in [5.74, 6) is 0.187. The Bertz CT molecular complexity index is 1670. The molecule has 5 heterocycles. The van der Waals surface area contributed by atoms with Crippen LogP contribution in [0.4, 0.5) is 4.79 Å². The third-order valence-corrected chi connectivity index (χ3v) is 7.60. The van der Waals surface area contributed by atoms with Crippen molar-refractivity contribution in [3.05, 3.63) is 100 Å². The molecule has 1 saturated heterocycles. The predicted octanol–water partition coefficient (Wildman–Crippen LogP) is 2.67. The van der Waals surface area contributed by atoms with E-state index < -0.39 is 30.6 Å². The molecule has 2 aromatic carbocycles. The molecule has 1 fully saturated rings. The van der Waals surface area contributed by atoms with Crippen molar-refractivity contribution in [1.82, 2.24) is 19.1 Å². The van der Waals surface area contributed by atoms with Gasteiger partial charge in [-0.1, -0.05) is 42.5 Å². The first kappa shape index (κ1) is 24.9. The number of hydrogen-bond donors (Lipinski definition) is 0. The number of rotatable bonds is 4. The summed E-state index contributed by atoms with van der Waals surface area (Å²) in [4.78, 5) is 44.9. The third kappa shape index (κ3) is 3.86. The van der Waals surface area contributed by atoms with E-state index in [9.17, 15) is 14.4 Å². The lowest BCUT2D eigenvalue weighted by Gasteiger charge is -2.51. The molecule has 12 nitrogen and oxygen atoms in total.